The molecule has 1 fully saturated rings. The number of anilines is 2. The van der Waals surface area contributed by atoms with Crippen molar-refractivity contribution in [3.8, 4) is 0 Å². The van der Waals surface area contributed by atoms with E-state index < -0.39 is 0 Å². The summed E-state index contributed by atoms with van der Waals surface area (Å²) in [6.07, 6.45) is 3.95. The van der Waals surface area contributed by atoms with Crippen molar-refractivity contribution < 1.29 is 0 Å². The third kappa shape index (κ3) is 3.09. The van der Waals surface area contributed by atoms with Crippen molar-refractivity contribution >= 4 is 39.3 Å². The van der Waals surface area contributed by atoms with Gasteiger partial charge in [-0.3, -0.25) is 0 Å². The summed E-state index contributed by atoms with van der Waals surface area (Å²) in [4.78, 5) is 11.0. The third-order valence-electron chi connectivity index (χ3n) is 3.10. The molecule has 1 unspecified atom stereocenters. The Kier molecular flexibility index (Phi) is 5.12. The summed E-state index contributed by atoms with van der Waals surface area (Å²) in [5, 5.41) is 3.32. The highest BCUT2D eigenvalue weighted by molar-refractivity contribution is 9.10. The number of nitrogens with zero attached hydrogens (tertiary/aromatic N) is 3. The van der Waals surface area contributed by atoms with Crippen LogP contribution >= 0.6 is 27.7 Å². The minimum absolute atomic E-state index is 0.584. The predicted molar refractivity (Wildman–Crippen MR) is 82.6 cm³/mol. The summed E-state index contributed by atoms with van der Waals surface area (Å²) >= 11 is 5.64. The lowest BCUT2D eigenvalue weighted by Gasteiger charge is -2.26. The Morgan fingerprint density at radius 1 is 1.56 bits per heavy atom. The highest BCUT2D eigenvalue weighted by atomic mass is 79.9. The molecule has 1 saturated heterocycles. The fraction of sp³-hybridized carbons (Fsp3) is 0.667. The van der Waals surface area contributed by atoms with Crippen molar-refractivity contribution in [3.63, 3.8) is 0 Å². The fourth-order valence-corrected chi connectivity index (χ4v) is 3.87. The maximum absolute atomic E-state index is 4.41. The van der Waals surface area contributed by atoms with Gasteiger partial charge in [-0.15, -0.1) is 0 Å². The summed E-state index contributed by atoms with van der Waals surface area (Å²) in [7, 11) is 2.12. The normalized spacial score (nSPS) is 18.9. The van der Waals surface area contributed by atoms with Gasteiger partial charge in [0, 0.05) is 25.4 Å². The summed E-state index contributed by atoms with van der Waals surface area (Å²) in [5.41, 5.74) is 0. The first-order valence-corrected chi connectivity index (χ1v) is 8.23. The molecule has 2 heterocycles. The molecule has 1 atom stereocenters. The van der Waals surface area contributed by atoms with Gasteiger partial charge < -0.3 is 10.2 Å². The SMILES string of the molecule is CCCNc1ncnc(N(C)C2CCSC2)c1Br. The van der Waals surface area contributed by atoms with Crippen LogP contribution < -0.4 is 10.2 Å². The number of thioether (sulfide) groups is 1. The molecule has 6 heteroatoms. The molecule has 1 N–H and O–H groups in total. The number of hydrogen-bond acceptors (Lipinski definition) is 5. The standard InChI is InChI=1S/C12H19BrN4S/c1-3-5-14-11-10(13)12(16-8-15-11)17(2)9-4-6-18-7-9/h8-9H,3-7H2,1-2H3,(H,14,15,16). The molecule has 1 aromatic heterocycles. The van der Waals surface area contributed by atoms with Crippen LogP contribution in [0.3, 0.4) is 0 Å². The van der Waals surface area contributed by atoms with Crippen LogP contribution in [0.15, 0.2) is 10.8 Å². The van der Waals surface area contributed by atoms with Gasteiger partial charge in [0.25, 0.3) is 0 Å². The molecule has 0 aromatic carbocycles. The van der Waals surface area contributed by atoms with Crippen LogP contribution in [0.25, 0.3) is 0 Å². The molecule has 0 spiro atoms. The van der Waals surface area contributed by atoms with Crippen LogP contribution in [-0.4, -0.2) is 41.1 Å². The van der Waals surface area contributed by atoms with E-state index in [1.807, 2.05) is 11.8 Å². The zero-order chi connectivity index (χ0) is 13.0. The molecule has 18 heavy (non-hydrogen) atoms. The summed E-state index contributed by atoms with van der Waals surface area (Å²) in [6, 6.07) is 0.584. The van der Waals surface area contributed by atoms with Crippen LogP contribution in [-0.2, 0) is 0 Å². The zero-order valence-electron chi connectivity index (χ0n) is 10.8. The van der Waals surface area contributed by atoms with Crippen molar-refractivity contribution in [3.05, 3.63) is 10.8 Å². The van der Waals surface area contributed by atoms with Gasteiger partial charge in [0.15, 0.2) is 0 Å². The first kappa shape index (κ1) is 13.9. The van der Waals surface area contributed by atoms with Crippen molar-refractivity contribution in [1.82, 2.24) is 9.97 Å². The van der Waals surface area contributed by atoms with E-state index in [1.54, 1.807) is 6.33 Å². The molecule has 2 rings (SSSR count). The van der Waals surface area contributed by atoms with Crippen LogP contribution in [0.2, 0.25) is 0 Å². The molecule has 1 aliphatic heterocycles. The van der Waals surface area contributed by atoms with E-state index in [2.05, 4.69) is 50.1 Å². The lowest BCUT2D eigenvalue weighted by Crippen LogP contribution is -2.32. The maximum Gasteiger partial charge on any atom is 0.148 e. The number of hydrogen-bond donors (Lipinski definition) is 1. The molecule has 0 radical (unpaired) electrons. The van der Waals surface area contributed by atoms with Gasteiger partial charge in [0.05, 0.1) is 0 Å². The van der Waals surface area contributed by atoms with E-state index in [0.29, 0.717) is 6.04 Å². The Hall–Kier alpha value is -0.490. The van der Waals surface area contributed by atoms with E-state index in [-0.39, 0.29) is 0 Å². The third-order valence-corrected chi connectivity index (χ3v) is 4.98. The van der Waals surface area contributed by atoms with E-state index in [0.717, 1.165) is 29.1 Å². The van der Waals surface area contributed by atoms with Crippen molar-refractivity contribution in [1.29, 1.82) is 0 Å². The molecule has 0 saturated carbocycles. The van der Waals surface area contributed by atoms with E-state index in [9.17, 15) is 0 Å². The van der Waals surface area contributed by atoms with Crippen LogP contribution in [0.5, 0.6) is 0 Å². The molecule has 4 nitrogen and oxygen atoms in total. The van der Waals surface area contributed by atoms with E-state index in [4.69, 9.17) is 0 Å². The number of aromatic nitrogens is 2. The average molecular weight is 331 g/mol. The van der Waals surface area contributed by atoms with Crippen molar-refractivity contribution in [2.24, 2.45) is 0 Å². The van der Waals surface area contributed by atoms with Crippen LogP contribution in [0, 0.1) is 0 Å². The van der Waals surface area contributed by atoms with E-state index in [1.165, 1.54) is 17.9 Å². The number of halogens is 1. The highest BCUT2D eigenvalue weighted by Gasteiger charge is 2.23. The quantitative estimate of drug-likeness (QED) is 0.898. The van der Waals surface area contributed by atoms with Gasteiger partial charge in [0.1, 0.15) is 22.4 Å². The Labute approximate surface area is 121 Å². The topological polar surface area (TPSA) is 41.1 Å². The second-order valence-electron chi connectivity index (χ2n) is 4.41. The highest BCUT2D eigenvalue weighted by Crippen LogP contribution is 2.32. The van der Waals surface area contributed by atoms with Gasteiger partial charge in [-0.25, -0.2) is 9.97 Å². The minimum Gasteiger partial charge on any atom is -0.369 e. The zero-order valence-corrected chi connectivity index (χ0v) is 13.2. The lowest BCUT2D eigenvalue weighted by molar-refractivity contribution is 0.689. The lowest BCUT2D eigenvalue weighted by atomic mass is 10.2. The van der Waals surface area contributed by atoms with Gasteiger partial charge in [-0.2, -0.15) is 11.8 Å². The summed E-state index contributed by atoms with van der Waals surface area (Å²) < 4.78 is 0.970. The molecular weight excluding hydrogens is 312 g/mol. The molecule has 100 valence electrons. The minimum atomic E-state index is 0.584. The Morgan fingerprint density at radius 3 is 3.06 bits per heavy atom. The van der Waals surface area contributed by atoms with Crippen molar-refractivity contribution in [2.75, 3.05) is 35.3 Å². The van der Waals surface area contributed by atoms with Gasteiger partial charge >= 0.3 is 0 Å². The Morgan fingerprint density at radius 2 is 2.39 bits per heavy atom. The molecule has 0 bridgehead atoms. The molecular formula is C12H19BrN4S. The summed E-state index contributed by atoms with van der Waals surface area (Å²) in [6.45, 7) is 3.07. The number of rotatable bonds is 5. The largest absolute Gasteiger partial charge is 0.369 e. The summed E-state index contributed by atoms with van der Waals surface area (Å²) in [5.74, 6) is 4.30. The molecule has 1 aliphatic rings. The van der Waals surface area contributed by atoms with Gasteiger partial charge in [-0.1, -0.05) is 6.92 Å². The predicted octanol–water partition coefficient (Wildman–Crippen LogP) is 3.00. The average Bonchev–Trinajstić information content (AvgIpc) is 2.91. The van der Waals surface area contributed by atoms with Gasteiger partial charge in [0.2, 0.25) is 0 Å². The van der Waals surface area contributed by atoms with E-state index >= 15 is 0 Å². The van der Waals surface area contributed by atoms with Crippen LogP contribution in [0.1, 0.15) is 19.8 Å². The Bertz CT molecular complexity index is 396. The molecule has 0 amide bonds. The first-order valence-electron chi connectivity index (χ1n) is 6.29. The van der Waals surface area contributed by atoms with Crippen molar-refractivity contribution in [2.45, 2.75) is 25.8 Å². The van der Waals surface area contributed by atoms with Gasteiger partial charge in [-0.05, 0) is 34.5 Å². The first-order chi connectivity index (χ1) is 8.74. The second kappa shape index (κ2) is 6.61. The van der Waals surface area contributed by atoms with Crippen LogP contribution in [0.4, 0.5) is 11.6 Å². The molecule has 1 aromatic rings. The smallest absolute Gasteiger partial charge is 0.148 e. The number of nitrogens with one attached hydrogen (secondary N) is 1. The Balaban J connectivity index is 2.16. The maximum atomic E-state index is 4.41. The fourth-order valence-electron chi connectivity index (χ4n) is 1.97. The second-order valence-corrected chi connectivity index (χ2v) is 6.36. The molecule has 0 aliphatic carbocycles. The monoisotopic (exact) mass is 330 g/mol.